The van der Waals surface area contributed by atoms with E-state index < -0.39 is 11.9 Å². The van der Waals surface area contributed by atoms with Gasteiger partial charge in [-0.15, -0.1) is 5.11 Å². The number of rotatable bonds is 3. The van der Waals surface area contributed by atoms with Crippen LogP contribution >= 0.6 is 0 Å². The molecule has 0 aliphatic rings. The van der Waals surface area contributed by atoms with Gasteiger partial charge in [-0.1, -0.05) is 0 Å². The average molecular weight is 174 g/mol. The van der Waals surface area contributed by atoms with Crippen LogP contribution in [0.2, 0.25) is 0 Å². The molecule has 0 atom stereocenters. The van der Waals surface area contributed by atoms with Crippen molar-refractivity contribution in [1.29, 1.82) is 0 Å². The molecule has 5 heteroatoms. The van der Waals surface area contributed by atoms with Gasteiger partial charge in [0.05, 0.1) is 6.04 Å². The van der Waals surface area contributed by atoms with E-state index in [0.29, 0.717) is 0 Å². The molecule has 0 aromatic carbocycles. The number of hydrogen-bond donors (Lipinski definition) is 1. The number of nitrogens with zero attached hydrogens (tertiary/aromatic N) is 2. The van der Waals surface area contributed by atoms with E-state index >= 15 is 0 Å². The molecule has 0 fully saturated rings. The Morgan fingerprint density at radius 1 is 1.50 bits per heavy atom. The second-order valence-electron chi connectivity index (χ2n) is 3.12. The van der Waals surface area contributed by atoms with Crippen molar-refractivity contribution in [1.82, 2.24) is 0 Å². The molecule has 5 nitrogen and oxygen atoms in total. The molecule has 0 heterocycles. The Kier molecular flexibility index (Phi) is 3.66. The van der Waals surface area contributed by atoms with Crippen molar-refractivity contribution in [3.05, 3.63) is 0 Å². The molecular weight excluding hydrogens is 160 g/mol. The number of ether oxygens (including phenoxy) is 1. The smallest absolute Gasteiger partial charge is 0.450 e. The summed E-state index contributed by atoms with van der Waals surface area (Å²) < 4.78 is 4.44. The highest BCUT2D eigenvalue weighted by molar-refractivity contribution is 5.57. The van der Waals surface area contributed by atoms with E-state index in [1.807, 2.05) is 13.8 Å². The van der Waals surface area contributed by atoms with Crippen LogP contribution in [-0.4, -0.2) is 23.0 Å². The van der Waals surface area contributed by atoms with Crippen molar-refractivity contribution in [3.63, 3.8) is 0 Å². The van der Waals surface area contributed by atoms with Gasteiger partial charge in [-0.2, -0.15) is 5.11 Å². The van der Waals surface area contributed by atoms with Gasteiger partial charge in [0.25, 0.3) is 0 Å². The van der Waals surface area contributed by atoms with Gasteiger partial charge >= 0.3 is 6.16 Å². The molecule has 0 aliphatic carbocycles. The first kappa shape index (κ1) is 10.9. The fraction of sp³-hybridized carbons (Fsp3) is 0.857. The van der Waals surface area contributed by atoms with Crippen LogP contribution in [0.25, 0.3) is 0 Å². The van der Waals surface area contributed by atoms with Gasteiger partial charge in [-0.05, 0) is 27.7 Å². The van der Waals surface area contributed by atoms with Gasteiger partial charge in [0, 0.05) is 0 Å². The molecule has 0 saturated carbocycles. The second kappa shape index (κ2) is 4.04. The molecule has 0 aromatic rings. The van der Waals surface area contributed by atoms with Crippen LogP contribution in [0.15, 0.2) is 10.2 Å². The lowest BCUT2D eigenvalue weighted by atomic mass is 10.3. The molecule has 0 amide bonds. The fourth-order valence-corrected chi connectivity index (χ4v) is 0.489. The van der Waals surface area contributed by atoms with Crippen LogP contribution in [0, 0.1) is 0 Å². The van der Waals surface area contributed by atoms with Crippen LogP contribution in [0.1, 0.15) is 27.7 Å². The maximum Gasteiger partial charge on any atom is 0.508 e. The molecule has 0 aliphatic heterocycles. The maximum absolute atomic E-state index is 10.1. The first-order valence-electron chi connectivity index (χ1n) is 3.67. The molecule has 0 unspecified atom stereocenters. The summed E-state index contributed by atoms with van der Waals surface area (Å²) in [6, 6.07) is 0.0432. The lowest BCUT2D eigenvalue weighted by Crippen LogP contribution is -2.24. The monoisotopic (exact) mass is 174 g/mol. The quantitative estimate of drug-likeness (QED) is 0.527. The molecule has 0 bridgehead atoms. The number of carboxylic acid groups (broad SMARTS) is 1. The Morgan fingerprint density at radius 2 is 2.00 bits per heavy atom. The largest absolute Gasteiger partial charge is 0.508 e. The Bertz CT molecular complexity index is 187. The van der Waals surface area contributed by atoms with Crippen LogP contribution in [0.3, 0.4) is 0 Å². The standard InChI is InChI=1S/C7H14N2O3/c1-5(2)8-9-7(3,4)12-6(10)11/h5H,1-4H3,(H,10,11). The predicted molar refractivity (Wildman–Crippen MR) is 43.2 cm³/mol. The third-order valence-corrected chi connectivity index (χ3v) is 0.867. The van der Waals surface area contributed by atoms with E-state index in [4.69, 9.17) is 5.11 Å². The minimum absolute atomic E-state index is 0.0432. The van der Waals surface area contributed by atoms with E-state index in [1.54, 1.807) is 0 Å². The minimum Gasteiger partial charge on any atom is -0.450 e. The first-order valence-corrected chi connectivity index (χ1v) is 3.67. The lowest BCUT2D eigenvalue weighted by Gasteiger charge is -2.16. The van der Waals surface area contributed by atoms with Crippen molar-refractivity contribution < 1.29 is 14.6 Å². The van der Waals surface area contributed by atoms with Crippen molar-refractivity contribution in [3.8, 4) is 0 Å². The molecule has 70 valence electrons. The molecule has 0 radical (unpaired) electrons. The molecule has 0 aromatic heterocycles. The van der Waals surface area contributed by atoms with Crippen LogP contribution in [0.4, 0.5) is 4.79 Å². The Morgan fingerprint density at radius 3 is 2.33 bits per heavy atom. The topological polar surface area (TPSA) is 71.2 Å². The van der Waals surface area contributed by atoms with Gasteiger partial charge in [-0.3, -0.25) is 0 Å². The first-order chi connectivity index (χ1) is 5.33. The molecule has 0 saturated heterocycles. The zero-order chi connectivity index (χ0) is 9.78. The van der Waals surface area contributed by atoms with Gasteiger partial charge in [0.2, 0.25) is 5.72 Å². The zero-order valence-electron chi connectivity index (χ0n) is 7.74. The summed E-state index contributed by atoms with van der Waals surface area (Å²) in [5.41, 5.74) is -1.09. The number of hydrogen-bond acceptors (Lipinski definition) is 4. The number of azo groups is 1. The Balaban J connectivity index is 4.12. The summed E-state index contributed by atoms with van der Waals surface area (Å²) in [6.07, 6.45) is -1.34. The highest BCUT2D eigenvalue weighted by Gasteiger charge is 2.21. The third-order valence-electron chi connectivity index (χ3n) is 0.867. The van der Waals surface area contributed by atoms with Gasteiger partial charge in [-0.25, -0.2) is 4.79 Å². The summed E-state index contributed by atoms with van der Waals surface area (Å²) in [5, 5.41) is 15.8. The highest BCUT2D eigenvalue weighted by Crippen LogP contribution is 2.12. The molecule has 0 rings (SSSR count). The van der Waals surface area contributed by atoms with Crippen molar-refractivity contribution in [2.75, 3.05) is 0 Å². The summed E-state index contributed by atoms with van der Waals surface area (Å²) in [6.45, 7) is 6.76. The normalized spacial score (nSPS) is 12.4. The SMILES string of the molecule is CC(C)N=NC(C)(C)OC(=O)O. The summed E-state index contributed by atoms with van der Waals surface area (Å²) in [5.74, 6) is 0. The van der Waals surface area contributed by atoms with Crippen LogP contribution in [-0.2, 0) is 4.74 Å². The summed E-state index contributed by atoms with van der Waals surface area (Å²) in [7, 11) is 0. The summed E-state index contributed by atoms with van der Waals surface area (Å²) in [4.78, 5) is 10.1. The lowest BCUT2D eigenvalue weighted by molar-refractivity contribution is 0.00430. The van der Waals surface area contributed by atoms with E-state index in [-0.39, 0.29) is 6.04 Å². The molecular formula is C7H14N2O3. The van der Waals surface area contributed by atoms with Crippen LogP contribution < -0.4 is 0 Å². The van der Waals surface area contributed by atoms with Crippen molar-refractivity contribution >= 4 is 6.16 Å². The Hall–Kier alpha value is -1.13. The van der Waals surface area contributed by atoms with E-state index in [1.165, 1.54) is 13.8 Å². The van der Waals surface area contributed by atoms with Gasteiger partial charge in [0.1, 0.15) is 0 Å². The molecule has 0 spiro atoms. The van der Waals surface area contributed by atoms with Gasteiger partial charge < -0.3 is 9.84 Å². The van der Waals surface area contributed by atoms with Crippen LogP contribution in [0.5, 0.6) is 0 Å². The Labute approximate surface area is 71.4 Å². The van der Waals surface area contributed by atoms with E-state index in [0.717, 1.165) is 0 Å². The fourth-order valence-electron chi connectivity index (χ4n) is 0.489. The molecule has 1 N–H and O–H groups in total. The predicted octanol–water partition coefficient (Wildman–Crippen LogP) is 2.28. The summed E-state index contributed by atoms with van der Waals surface area (Å²) >= 11 is 0. The van der Waals surface area contributed by atoms with Crippen molar-refractivity contribution in [2.45, 2.75) is 39.5 Å². The van der Waals surface area contributed by atoms with Gasteiger partial charge in [0.15, 0.2) is 0 Å². The zero-order valence-corrected chi connectivity index (χ0v) is 7.74. The maximum atomic E-state index is 10.1. The average Bonchev–Trinajstić information content (AvgIpc) is 1.81. The third kappa shape index (κ3) is 5.64. The number of carbonyl (C=O) groups is 1. The van der Waals surface area contributed by atoms with Crippen molar-refractivity contribution in [2.24, 2.45) is 10.2 Å². The molecule has 12 heavy (non-hydrogen) atoms. The van der Waals surface area contributed by atoms with E-state index in [2.05, 4.69) is 15.0 Å². The minimum atomic E-state index is -1.34. The second-order valence-corrected chi connectivity index (χ2v) is 3.12. The highest BCUT2D eigenvalue weighted by atomic mass is 16.7. The van der Waals surface area contributed by atoms with E-state index in [9.17, 15) is 4.79 Å².